The van der Waals surface area contributed by atoms with Gasteiger partial charge in [0.1, 0.15) is 6.29 Å². The molecule has 0 amide bonds. The highest BCUT2D eigenvalue weighted by molar-refractivity contribution is 5.78. The standard InChI is InChI=1S/C12H11N3O/c1-8-5-11(15-12(13)14-8)10-4-2-3-9(6-10)7-16/h2-7H,1H3,(H2,13,14,15). The highest BCUT2D eigenvalue weighted by atomic mass is 16.1. The maximum atomic E-state index is 10.7. The third-order valence-corrected chi connectivity index (χ3v) is 2.19. The van der Waals surface area contributed by atoms with Gasteiger partial charge >= 0.3 is 0 Å². The lowest BCUT2D eigenvalue weighted by molar-refractivity contribution is 0.112. The Bertz CT molecular complexity index is 517. The number of hydrogen-bond acceptors (Lipinski definition) is 4. The summed E-state index contributed by atoms with van der Waals surface area (Å²) in [5.41, 5.74) is 8.59. The second-order valence-corrected chi connectivity index (χ2v) is 3.50. The van der Waals surface area contributed by atoms with E-state index in [1.807, 2.05) is 25.1 Å². The van der Waals surface area contributed by atoms with E-state index in [4.69, 9.17) is 5.73 Å². The monoisotopic (exact) mass is 213 g/mol. The Kier molecular flexibility index (Phi) is 2.64. The van der Waals surface area contributed by atoms with Crippen LogP contribution < -0.4 is 5.73 Å². The minimum Gasteiger partial charge on any atom is -0.368 e. The highest BCUT2D eigenvalue weighted by Crippen LogP contribution is 2.19. The minimum absolute atomic E-state index is 0.242. The lowest BCUT2D eigenvalue weighted by Gasteiger charge is -2.03. The van der Waals surface area contributed by atoms with E-state index < -0.39 is 0 Å². The van der Waals surface area contributed by atoms with E-state index in [2.05, 4.69) is 9.97 Å². The quantitative estimate of drug-likeness (QED) is 0.773. The van der Waals surface area contributed by atoms with Crippen molar-refractivity contribution in [1.29, 1.82) is 0 Å². The van der Waals surface area contributed by atoms with Gasteiger partial charge in [-0.25, -0.2) is 9.97 Å². The fourth-order valence-corrected chi connectivity index (χ4v) is 1.51. The number of aryl methyl sites for hydroxylation is 1. The molecule has 2 N–H and O–H groups in total. The number of benzene rings is 1. The van der Waals surface area contributed by atoms with Gasteiger partial charge in [-0.2, -0.15) is 0 Å². The van der Waals surface area contributed by atoms with Gasteiger partial charge in [-0.05, 0) is 19.1 Å². The van der Waals surface area contributed by atoms with Gasteiger partial charge in [-0.1, -0.05) is 18.2 Å². The first-order valence-corrected chi connectivity index (χ1v) is 4.86. The van der Waals surface area contributed by atoms with E-state index in [9.17, 15) is 4.79 Å². The molecule has 0 saturated heterocycles. The van der Waals surface area contributed by atoms with Crippen molar-refractivity contribution >= 4 is 12.2 Å². The van der Waals surface area contributed by atoms with E-state index in [-0.39, 0.29) is 5.95 Å². The lowest BCUT2D eigenvalue weighted by atomic mass is 10.1. The maximum Gasteiger partial charge on any atom is 0.220 e. The molecule has 0 aliphatic rings. The molecule has 0 saturated carbocycles. The summed E-state index contributed by atoms with van der Waals surface area (Å²) >= 11 is 0. The molecule has 1 aromatic carbocycles. The number of carbonyl (C=O) groups excluding carboxylic acids is 1. The zero-order valence-electron chi connectivity index (χ0n) is 8.84. The van der Waals surface area contributed by atoms with Crippen molar-refractivity contribution in [2.75, 3.05) is 5.73 Å². The van der Waals surface area contributed by atoms with Crippen LogP contribution in [0.5, 0.6) is 0 Å². The first-order valence-electron chi connectivity index (χ1n) is 4.86. The fourth-order valence-electron chi connectivity index (χ4n) is 1.51. The van der Waals surface area contributed by atoms with Crippen molar-refractivity contribution in [3.05, 3.63) is 41.6 Å². The van der Waals surface area contributed by atoms with Crippen LogP contribution in [-0.4, -0.2) is 16.3 Å². The summed E-state index contributed by atoms with van der Waals surface area (Å²) in [6.45, 7) is 1.85. The Morgan fingerprint density at radius 3 is 2.75 bits per heavy atom. The largest absolute Gasteiger partial charge is 0.368 e. The Labute approximate surface area is 93.2 Å². The van der Waals surface area contributed by atoms with Gasteiger partial charge in [-0.3, -0.25) is 4.79 Å². The van der Waals surface area contributed by atoms with Crippen LogP contribution in [0.3, 0.4) is 0 Å². The second-order valence-electron chi connectivity index (χ2n) is 3.50. The molecule has 2 aromatic rings. The van der Waals surface area contributed by atoms with Crippen LogP contribution in [-0.2, 0) is 0 Å². The van der Waals surface area contributed by atoms with E-state index in [0.29, 0.717) is 5.56 Å². The number of hydrogen-bond donors (Lipinski definition) is 1. The summed E-state index contributed by atoms with van der Waals surface area (Å²) in [4.78, 5) is 18.8. The van der Waals surface area contributed by atoms with Crippen molar-refractivity contribution in [2.24, 2.45) is 0 Å². The number of nitrogen functional groups attached to an aromatic ring is 1. The smallest absolute Gasteiger partial charge is 0.220 e. The molecular formula is C12H11N3O. The molecule has 4 heteroatoms. The van der Waals surface area contributed by atoms with Crippen LogP contribution in [0.1, 0.15) is 16.1 Å². The average molecular weight is 213 g/mol. The molecule has 0 atom stereocenters. The Balaban J connectivity index is 2.53. The minimum atomic E-state index is 0.242. The molecule has 0 spiro atoms. The van der Waals surface area contributed by atoms with E-state index >= 15 is 0 Å². The molecule has 0 bridgehead atoms. The summed E-state index contributed by atoms with van der Waals surface area (Å²) in [6, 6.07) is 9.04. The fraction of sp³-hybridized carbons (Fsp3) is 0.0833. The SMILES string of the molecule is Cc1cc(-c2cccc(C=O)c2)nc(N)n1. The molecule has 2 rings (SSSR count). The zero-order chi connectivity index (χ0) is 11.5. The Morgan fingerprint density at radius 2 is 2.06 bits per heavy atom. The number of nitrogens with two attached hydrogens (primary N) is 1. The highest BCUT2D eigenvalue weighted by Gasteiger charge is 2.03. The van der Waals surface area contributed by atoms with Crippen LogP contribution in [0.25, 0.3) is 11.3 Å². The Hall–Kier alpha value is -2.23. The van der Waals surface area contributed by atoms with Gasteiger partial charge in [0.05, 0.1) is 5.69 Å². The molecule has 1 heterocycles. The summed E-state index contributed by atoms with van der Waals surface area (Å²) < 4.78 is 0. The molecule has 80 valence electrons. The van der Waals surface area contributed by atoms with Crippen LogP contribution in [0.15, 0.2) is 30.3 Å². The molecule has 0 fully saturated rings. The van der Waals surface area contributed by atoms with Crippen LogP contribution >= 0.6 is 0 Å². The molecule has 1 aromatic heterocycles. The summed E-state index contributed by atoms with van der Waals surface area (Å²) in [6.07, 6.45) is 0.806. The van der Waals surface area contributed by atoms with Gasteiger partial charge < -0.3 is 5.73 Å². The number of nitrogens with zero attached hydrogens (tertiary/aromatic N) is 2. The third kappa shape index (κ3) is 2.06. The first-order chi connectivity index (χ1) is 7.69. The predicted molar refractivity (Wildman–Crippen MR) is 62.0 cm³/mol. The van der Waals surface area contributed by atoms with Gasteiger partial charge in [0.25, 0.3) is 0 Å². The molecule has 0 aliphatic carbocycles. The second kappa shape index (κ2) is 4.10. The van der Waals surface area contributed by atoms with E-state index in [1.54, 1.807) is 12.1 Å². The van der Waals surface area contributed by atoms with Gasteiger partial charge in [-0.15, -0.1) is 0 Å². The predicted octanol–water partition coefficient (Wildman–Crippen LogP) is 1.85. The molecule has 0 aliphatic heterocycles. The molecule has 4 nitrogen and oxygen atoms in total. The normalized spacial score (nSPS) is 10.1. The zero-order valence-corrected chi connectivity index (χ0v) is 8.84. The summed E-state index contributed by atoms with van der Waals surface area (Å²) in [7, 11) is 0. The van der Waals surface area contributed by atoms with Crippen LogP contribution in [0.2, 0.25) is 0 Å². The van der Waals surface area contributed by atoms with Crippen LogP contribution in [0, 0.1) is 6.92 Å². The molecule has 0 radical (unpaired) electrons. The molecular weight excluding hydrogens is 202 g/mol. The average Bonchev–Trinajstić information content (AvgIpc) is 2.28. The number of aldehydes is 1. The van der Waals surface area contributed by atoms with Gasteiger partial charge in [0.2, 0.25) is 5.95 Å². The molecule has 0 unspecified atom stereocenters. The van der Waals surface area contributed by atoms with Gasteiger partial charge in [0.15, 0.2) is 0 Å². The number of carbonyl (C=O) groups is 1. The number of aromatic nitrogens is 2. The van der Waals surface area contributed by atoms with Crippen molar-refractivity contribution in [3.63, 3.8) is 0 Å². The first kappa shape index (κ1) is 10.3. The number of rotatable bonds is 2. The van der Waals surface area contributed by atoms with Crippen molar-refractivity contribution in [2.45, 2.75) is 6.92 Å². The van der Waals surface area contributed by atoms with Crippen LogP contribution in [0.4, 0.5) is 5.95 Å². The topological polar surface area (TPSA) is 68.9 Å². The van der Waals surface area contributed by atoms with Crippen molar-refractivity contribution in [3.8, 4) is 11.3 Å². The molecule has 16 heavy (non-hydrogen) atoms. The maximum absolute atomic E-state index is 10.7. The summed E-state index contributed by atoms with van der Waals surface area (Å²) in [5.74, 6) is 0.242. The summed E-state index contributed by atoms with van der Waals surface area (Å²) in [5, 5.41) is 0. The number of anilines is 1. The van der Waals surface area contributed by atoms with E-state index in [1.165, 1.54) is 0 Å². The van der Waals surface area contributed by atoms with E-state index in [0.717, 1.165) is 23.2 Å². The van der Waals surface area contributed by atoms with Crippen molar-refractivity contribution < 1.29 is 4.79 Å². The Morgan fingerprint density at radius 1 is 1.25 bits per heavy atom. The van der Waals surface area contributed by atoms with Crippen molar-refractivity contribution in [1.82, 2.24) is 9.97 Å². The lowest BCUT2D eigenvalue weighted by Crippen LogP contribution is -1.98. The van der Waals surface area contributed by atoms with Gasteiger partial charge in [0, 0.05) is 16.8 Å². The third-order valence-electron chi connectivity index (χ3n) is 2.19.